The number of hydrogen-bond donors (Lipinski definition) is 0. The minimum absolute atomic E-state index is 0. The highest BCUT2D eigenvalue weighted by Crippen LogP contribution is 2.20. The van der Waals surface area contributed by atoms with Gasteiger partial charge in [0.05, 0.1) is 10.9 Å². The Morgan fingerprint density at radius 3 is 1.75 bits per heavy atom. The van der Waals surface area contributed by atoms with Crippen LogP contribution in [0.15, 0.2) is 87.9 Å². The molecule has 0 amide bonds. The van der Waals surface area contributed by atoms with Crippen LogP contribution in [0.1, 0.15) is 25.7 Å². The van der Waals surface area contributed by atoms with E-state index >= 15 is 0 Å². The van der Waals surface area contributed by atoms with E-state index in [4.69, 9.17) is 12.2 Å². The van der Waals surface area contributed by atoms with Crippen LogP contribution in [0.5, 0.6) is 0 Å². The maximum atomic E-state index is 13.2. The first kappa shape index (κ1) is 30.4. The first-order valence-corrected chi connectivity index (χ1v) is 13.9. The summed E-state index contributed by atoms with van der Waals surface area (Å²) < 4.78 is 4.57. The number of thioether (sulfide) groups is 2. The number of para-hydroxylation sites is 1. The number of rotatable bonds is 12. The first-order chi connectivity index (χ1) is 16.7. The smallest absolute Gasteiger partial charge is 0.262 e. The van der Waals surface area contributed by atoms with E-state index in [2.05, 4.69) is 14.5 Å². The summed E-state index contributed by atoms with van der Waals surface area (Å²) in [5, 5.41) is 0.744. The third-order valence-corrected chi connectivity index (χ3v) is 8.16. The maximum absolute atomic E-state index is 13.2. The van der Waals surface area contributed by atoms with E-state index in [1.54, 1.807) is 4.57 Å². The molecular weight excluding hydrogens is 551 g/mol. The lowest BCUT2D eigenvalue weighted by Crippen LogP contribution is -2.26. The minimum Gasteiger partial charge on any atom is -0.318 e. The zero-order valence-electron chi connectivity index (χ0n) is 19.8. The second kappa shape index (κ2) is 16.1. The van der Waals surface area contributed by atoms with Crippen LogP contribution in [-0.4, -0.2) is 30.6 Å². The summed E-state index contributed by atoms with van der Waals surface area (Å²) in [6.07, 6.45) is 11.3. The van der Waals surface area contributed by atoms with Crippen LogP contribution < -0.4 is 5.56 Å². The molecule has 0 radical (unpaired) electrons. The Kier molecular flexibility index (Phi) is 13.6. The molecule has 4 aromatic rings. The Balaban J connectivity index is 0.00000228. The molecule has 3 heterocycles. The third kappa shape index (κ3) is 8.35. The number of hydrogen-bond acceptors (Lipinski definition) is 6. The Labute approximate surface area is 238 Å². The second-order valence-electron chi connectivity index (χ2n) is 7.89. The van der Waals surface area contributed by atoms with Crippen LogP contribution in [0.2, 0.25) is 0 Å². The van der Waals surface area contributed by atoms with Crippen LogP contribution in [-0.2, 0) is 13.1 Å². The van der Waals surface area contributed by atoms with E-state index in [0.717, 1.165) is 54.6 Å². The fourth-order valence-electron chi connectivity index (χ4n) is 3.78. The maximum Gasteiger partial charge on any atom is 0.262 e. The van der Waals surface area contributed by atoms with Crippen molar-refractivity contribution >= 4 is 71.5 Å². The lowest BCUT2D eigenvalue weighted by atomic mass is 10.2. The number of aromatic nitrogens is 4. The molecular formula is C26H30Cl2N4OS3. The molecule has 0 saturated heterocycles. The van der Waals surface area contributed by atoms with Gasteiger partial charge in [0, 0.05) is 47.7 Å². The fourth-order valence-corrected chi connectivity index (χ4v) is 5.94. The topological polar surface area (TPSA) is 52.7 Å². The minimum atomic E-state index is 0. The van der Waals surface area contributed by atoms with Crippen molar-refractivity contribution < 1.29 is 0 Å². The van der Waals surface area contributed by atoms with E-state index in [-0.39, 0.29) is 30.4 Å². The van der Waals surface area contributed by atoms with E-state index in [1.165, 1.54) is 9.79 Å². The zero-order valence-corrected chi connectivity index (χ0v) is 23.9. The molecule has 36 heavy (non-hydrogen) atoms. The molecule has 0 atom stereocenters. The van der Waals surface area contributed by atoms with Gasteiger partial charge in [-0.25, -0.2) is 0 Å². The zero-order chi connectivity index (χ0) is 23.6. The van der Waals surface area contributed by atoms with Gasteiger partial charge < -0.3 is 4.57 Å². The highest BCUT2D eigenvalue weighted by atomic mass is 35.5. The normalized spacial score (nSPS) is 10.6. The average molecular weight is 582 g/mol. The van der Waals surface area contributed by atoms with Gasteiger partial charge in [-0.15, -0.1) is 48.3 Å². The number of halogens is 2. The van der Waals surface area contributed by atoms with Crippen LogP contribution >= 0.6 is 60.6 Å². The predicted molar refractivity (Wildman–Crippen MR) is 160 cm³/mol. The molecule has 0 aliphatic heterocycles. The number of benzene rings is 1. The van der Waals surface area contributed by atoms with Crippen molar-refractivity contribution in [1.82, 2.24) is 19.1 Å². The average Bonchev–Trinajstić information content (AvgIpc) is 2.88. The molecule has 3 aromatic heterocycles. The fraction of sp³-hybridized carbons (Fsp3) is 0.308. The molecule has 0 fully saturated rings. The molecule has 1 aromatic carbocycles. The van der Waals surface area contributed by atoms with Gasteiger partial charge in [0.15, 0.2) is 4.77 Å². The predicted octanol–water partition coefficient (Wildman–Crippen LogP) is 7.31. The number of nitrogens with zero attached hydrogens (tertiary/aromatic N) is 4. The van der Waals surface area contributed by atoms with Crippen molar-refractivity contribution in [1.29, 1.82) is 0 Å². The molecule has 4 rings (SSSR count). The summed E-state index contributed by atoms with van der Waals surface area (Å²) in [5.74, 6) is 2.05. The molecule has 0 N–H and O–H groups in total. The quantitative estimate of drug-likeness (QED) is 0.0994. The Morgan fingerprint density at radius 1 is 0.694 bits per heavy atom. The molecule has 0 spiro atoms. The molecule has 10 heteroatoms. The summed E-state index contributed by atoms with van der Waals surface area (Å²) >= 11 is 9.48. The summed E-state index contributed by atoms with van der Waals surface area (Å²) in [5.41, 5.74) is 0.954. The summed E-state index contributed by atoms with van der Waals surface area (Å²) in [7, 11) is 0. The molecule has 0 aliphatic carbocycles. The van der Waals surface area contributed by atoms with Gasteiger partial charge in [0.2, 0.25) is 0 Å². The monoisotopic (exact) mass is 580 g/mol. The van der Waals surface area contributed by atoms with Gasteiger partial charge in [-0.1, -0.05) is 12.1 Å². The van der Waals surface area contributed by atoms with E-state index in [9.17, 15) is 4.79 Å². The Morgan fingerprint density at radius 2 is 1.19 bits per heavy atom. The summed E-state index contributed by atoms with van der Waals surface area (Å²) in [4.78, 5) is 23.8. The lowest BCUT2D eigenvalue weighted by molar-refractivity contribution is 0.551. The largest absolute Gasteiger partial charge is 0.318 e. The van der Waals surface area contributed by atoms with Crippen LogP contribution in [0.4, 0.5) is 0 Å². The number of pyridine rings is 2. The van der Waals surface area contributed by atoms with Crippen molar-refractivity contribution in [3.8, 4) is 0 Å². The molecule has 0 saturated carbocycles. The molecule has 0 unspecified atom stereocenters. The van der Waals surface area contributed by atoms with Gasteiger partial charge in [0.1, 0.15) is 0 Å². The molecule has 192 valence electrons. The van der Waals surface area contributed by atoms with Gasteiger partial charge in [-0.3, -0.25) is 19.3 Å². The summed E-state index contributed by atoms with van der Waals surface area (Å²) in [6, 6.07) is 16.0. The van der Waals surface area contributed by atoms with Crippen LogP contribution in [0.3, 0.4) is 0 Å². The highest BCUT2D eigenvalue weighted by Gasteiger charge is 2.10. The standard InChI is InChI=1S/C26H28N4OS3.2ClH/c31-25-23-7-1-2-8-24(23)29(17-3-5-19-33-21-9-13-27-14-10-21)26(32)30(25)18-4-6-20-34-22-11-15-28-16-12-22;;/h1-2,7-16H,3-6,17-20H2;2*1H. The summed E-state index contributed by atoms with van der Waals surface area (Å²) in [6.45, 7) is 1.46. The Hall–Kier alpha value is -1.84. The van der Waals surface area contributed by atoms with E-state index in [1.807, 2.05) is 96.8 Å². The van der Waals surface area contributed by atoms with Crippen molar-refractivity contribution in [2.75, 3.05) is 11.5 Å². The Bertz CT molecular complexity index is 1320. The van der Waals surface area contributed by atoms with Gasteiger partial charge in [0.25, 0.3) is 5.56 Å². The number of fused-ring (bicyclic) bond motifs is 1. The lowest BCUT2D eigenvalue weighted by Gasteiger charge is -2.16. The second-order valence-corrected chi connectivity index (χ2v) is 10.6. The van der Waals surface area contributed by atoms with E-state index in [0.29, 0.717) is 11.3 Å². The van der Waals surface area contributed by atoms with Gasteiger partial charge >= 0.3 is 0 Å². The van der Waals surface area contributed by atoms with Crippen molar-refractivity contribution in [3.63, 3.8) is 0 Å². The highest BCUT2D eigenvalue weighted by molar-refractivity contribution is 7.99. The molecule has 5 nitrogen and oxygen atoms in total. The number of unbranched alkanes of at least 4 members (excludes halogenated alkanes) is 2. The SMILES string of the molecule is Cl.Cl.O=c1c2ccccc2n(CCCCSc2ccncc2)c(=S)n1CCCCSc1ccncc1. The van der Waals surface area contributed by atoms with Crippen LogP contribution in [0.25, 0.3) is 10.9 Å². The molecule has 0 bridgehead atoms. The van der Waals surface area contributed by atoms with Crippen molar-refractivity contribution in [2.24, 2.45) is 0 Å². The van der Waals surface area contributed by atoms with Crippen molar-refractivity contribution in [2.45, 2.75) is 48.6 Å². The van der Waals surface area contributed by atoms with Crippen molar-refractivity contribution in [3.05, 3.63) is 88.4 Å². The first-order valence-electron chi connectivity index (χ1n) is 11.5. The van der Waals surface area contributed by atoms with Crippen LogP contribution in [0, 0.1) is 4.77 Å². The van der Waals surface area contributed by atoms with E-state index < -0.39 is 0 Å². The van der Waals surface area contributed by atoms with Gasteiger partial charge in [-0.05, 0) is 85.8 Å². The molecule has 0 aliphatic rings. The third-order valence-electron chi connectivity index (χ3n) is 5.52. The number of aryl methyl sites for hydroxylation is 1. The van der Waals surface area contributed by atoms with Gasteiger partial charge in [-0.2, -0.15) is 0 Å².